The van der Waals surface area contributed by atoms with E-state index in [1.807, 2.05) is 25.2 Å². The van der Waals surface area contributed by atoms with Gasteiger partial charge in [-0.3, -0.25) is 4.79 Å². The molecule has 2 aliphatic rings. The van der Waals surface area contributed by atoms with Crippen LogP contribution in [0.2, 0.25) is 0 Å². The van der Waals surface area contributed by atoms with Crippen LogP contribution in [0.5, 0.6) is 5.75 Å². The van der Waals surface area contributed by atoms with Crippen molar-refractivity contribution in [3.63, 3.8) is 0 Å². The Balaban J connectivity index is 0.00000121. The van der Waals surface area contributed by atoms with Crippen LogP contribution in [0, 0.1) is 0 Å². The summed E-state index contributed by atoms with van der Waals surface area (Å²) in [5.41, 5.74) is 1.87. The zero-order valence-corrected chi connectivity index (χ0v) is 14.3. The van der Waals surface area contributed by atoms with Crippen LogP contribution in [-0.4, -0.2) is 38.7 Å². The Labute approximate surface area is 143 Å². The molecule has 2 aliphatic heterocycles. The van der Waals surface area contributed by atoms with Crippen molar-refractivity contribution in [2.75, 3.05) is 37.0 Å². The van der Waals surface area contributed by atoms with Crippen molar-refractivity contribution in [3.8, 4) is 5.75 Å². The van der Waals surface area contributed by atoms with Gasteiger partial charge in [-0.15, -0.1) is 24.8 Å². The van der Waals surface area contributed by atoms with Crippen LogP contribution in [0.25, 0.3) is 0 Å². The van der Waals surface area contributed by atoms with E-state index in [9.17, 15) is 4.79 Å². The average Bonchev–Trinajstić information content (AvgIpc) is 2.92. The minimum absolute atomic E-state index is 0. The lowest BCUT2D eigenvalue weighted by Gasteiger charge is -2.28. The zero-order chi connectivity index (χ0) is 13.9. The standard InChI is InChI=1S/C15H21N3O2.2ClH/c1-18-7-8-20-14-5-4-12(9-13(14)18)17-15(19)10-11-3-2-6-16-11;;/h4-5,9,11,16H,2-3,6-8,10H2,1H3,(H,17,19);2*1H. The first kappa shape index (κ1) is 18.9. The number of nitrogens with zero attached hydrogens (tertiary/aromatic N) is 1. The first-order chi connectivity index (χ1) is 9.72. The number of amides is 1. The second-order valence-corrected chi connectivity index (χ2v) is 5.50. The highest BCUT2D eigenvalue weighted by Gasteiger charge is 2.19. The summed E-state index contributed by atoms with van der Waals surface area (Å²) in [6.07, 6.45) is 2.80. The molecule has 1 fully saturated rings. The lowest BCUT2D eigenvalue weighted by molar-refractivity contribution is -0.116. The summed E-state index contributed by atoms with van der Waals surface area (Å²) in [5.74, 6) is 0.956. The number of fused-ring (bicyclic) bond motifs is 1. The van der Waals surface area contributed by atoms with E-state index in [0.717, 1.165) is 36.6 Å². The molecule has 1 aromatic carbocycles. The molecule has 124 valence electrons. The molecule has 2 N–H and O–H groups in total. The Morgan fingerprint density at radius 2 is 2.27 bits per heavy atom. The molecule has 1 aromatic rings. The van der Waals surface area contributed by atoms with Gasteiger partial charge in [-0.05, 0) is 37.6 Å². The van der Waals surface area contributed by atoms with Gasteiger partial charge >= 0.3 is 0 Å². The Bertz CT molecular complexity index is 508. The van der Waals surface area contributed by atoms with Crippen molar-refractivity contribution >= 4 is 42.1 Å². The summed E-state index contributed by atoms with van der Waals surface area (Å²) >= 11 is 0. The lowest BCUT2D eigenvalue weighted by Crippen LogP contribution is -2.29. The minimum atomic E-state index is 0. The highest BCUT2D eigenvalue weighted by atomic mass is 35.5. The summed E-state index contributed by atoms with van der Waals surface area (Å²) in [6.45, 7) is 2.61. The topological polar surface area (TPSA) is 53.6 Å². The quantitative estimate of drug-likeness (QED) is 0.881. The van der Waals surface area contributed by atoms with Crippen molar-refractivity contribution in [2.24, 2.45) is 0 Å². The van der Waals surface area contributed by atoms with Gasteiger partial charge in [0.15, 0.2) is 0 Å². The third-order valence-corrected chi connectivity index (χ3v) is 3.93. The maximum absolute atomic E-state index is 12.0. The van der Waals surface area contributed by atoms with E-state index in [1.54, 1.807) is 0 Å². The highest BCUT2D eigenvalue weighted by molar-refractivity contribution is 5.92. The van der Waals surface area contributed by atoms with Gasteiger partial charge in [0.25, 0.3) is 0 Å². The molecule has 0 spiro atoms. The number of rotatable bonds is 3. The van der Waals surface area contributed by atoms with Crippen LogP contribution in [0.15, 0.2) is 18.2 Å². The molecule has 0 saturated carbocycles. The van der Waals surface area contributed by atoms with Crippen LogP contribution >= 0.6 is 24.8 Å². The predicted octanol–water partition coefficient (Wildman–Crippen LogP) is 2.44. The fourth-order valence-electron chi connectivity index (χ4n) is 2.80. The number of carbonyl (C=O) groups is 1. The number of hydrogen-bond donors (Lipinski definition) is 2. The van der Waals surface area contributed by atoms with Gasteiger partial charge in [-0.25, -0.2) is 0 Å². The SMILES string of the molecule is CN1CCOc2ccc(NC(=O)CC3CCCN3)cc21.Cl.Cl. The molecule has 7 heteroatoms. The third kappa shape index (κ3) is 4.41. The Morgan fingerprint density at radius 1 is 1.45 bits per heavy atom. The van der Waals surface area contributed by atoms with Gasteiger partial charge in [-0.2, -0.15) is 0 Å². The number of likely N-dealkylation sites (N-methyl/N-ethyl adjacent to an activating group) is 1. The Morgan fingerprint density at radius 3 is 3.00 bits per heavy atom. The van der Waals surface area contributed by atoms with Gasteiger partial charge in [-0.1, -0.05) is 0 Å². The van der Waals surface area contributed by atoms with Crippen molar-refractivity contribution in [2.45, 2.75) is 25.3 Å². The van der Waals surface area contributed by atoms with Crippen molar-refractivity contribution in [3.05, 3.63) is 18.2 Å². The fourth-order valence-corrected chi connectivity index (χ4v) is 2.80. The van der Waals surface area contributed by atoms with Crippen molar-refractivity contribution in [1.29, 1.82) is 0 Å². The van der Waals surface area contributed by atoms with Crippen molar-refractivity contribution in [1.82, 2.24) is 5.32 Å². The molecule has 1 amide bonds. The molecule has 2 heterocycles. The van der Waals surface area contributed by atoms with Crippen LogP contribution < -0.4 is 20.3 Å². The Kier molecular flexibility index (Phi) is 7.26. The number of carbonyl (C=O) groups excluding carboxylic acids is 1. The molecule has 0 aromatic heterocycles. The van der Waals surface area contributed by atoms with Gasteiger partial charge in [0.2, 0.25) is 5.91 Å². The van der Waals surface area contributed by atoms with Crippen molar-refractivity contribution < 1.29 is 9.53 Å². The third-order valence-electron chi connectivity index (χ3n) is 3.93. The highest BCUT2D eigenvalue weighted by Crippen LogP contribution is 2.33. The van der Waals surface area contributed by atoms with Gasteiger partial charge in [0, 0.05) is 25.2 Å². The van der Waals surface area contributed by atoms with Gasteiger partial charge in [0.1, 0.15) is 12.4 Å². The molecule has 5 nitrogen and oxygen atoms in total. The number of anilines is 2. The van der Waals surface area contributed by atoms with Gasteiger partial charge < -0.3 is 20.3 Å². The maximum Gasteiger partial charge on any atom is 0.225 e. The lowest BCUT2D eigenvalue weighted by atomic mass is 10.1. The fraction of sp³-hybridized carbons (Fsp3) is 0.533. The number of halogens is 2. The molecule has 0 radical (unpaired) electrons. The Hall–Kier alpha value is -1.17. The monoisotopic (exact) mass is 347 g/mol. The second kappa shape index (κ2) is 8.46. The summed E-state index contributed by atoms with van der Waals surface area (Å²) < 4.78 is 5.60. The molecule has 1 atom stereocenters. The van der Waals surface area contributed by atoms with Crippen LogP contribution in [0.1, 0.15) is 19.3 Å². The number of nitrogens with one attached hydrogen (secondary N) is 2. The summed E-state index contributed by atoms with van der Waals surface area (Å²) in [5, 5.41) is 6.32. The van der Waals surface area contributed by atoms with E-state index < -0.39 is 0 Å². The van der Waals surface area contributed by atoms with Crippen LogP contribution in [0.4, 0.5) is 11.4 Å². The molecule has 0 aliphatic carbocycles. The van der Waals surface area contributed by atoms with Crippen LogP contribution in [0.3, 0.4) is 0 Å². The number of ether oxygens (including phenoxy) is 1. The van der Waals surface area contributed by atoms with E-state index in [1.165, 1.54) is 6.42 Å². The molecule has 0 bridgehead atoms. The minimum Gasteiger partial charge on any atom is -0.490 e. The summed E-state index contributed by atoms with van der Waals surface area (Å²) in [6, 6.07) is 6.14. The van der Waals surface area contributed by atoms with E-state index in [-0.39, 0.29) is 30.7 Å². The maximum atomic E-state index is 12.0. The largest absolute Gasteiger partial charge is 0.490 e. The van der Waals surface area contributed by atoms with Gasteiger partial charge in [0.05, 0.1) is 12.2 Å². The predicted molar refractivity (Wildman–Crippen MR) is 94.0 cm³/mol. The average molecular weight is 348 g/mol. The zero-order valence-electron chi connectivity index (χ0n) is 12.6. The molecule has 1 unspecified atom stereocenters. The first-order valence-corrected chi connectivity index (χ1v) is 7.23. The number of benzene rings is 1. The second-order valence-electron chi connectivity index (χ2n) is 5.50. The summed E-state index contributed by atoms with van der Waals surface area (Å²) in [7, 11) is 2.04. The van der Waals surface area contributed by atoms with E-state index in [2.05, 4.69) is 15.5 Å². The molecular formula is C15H23Cl2N3O2. The molecule has 22 heavy (non-hydrogen) atoms. The molecule has 1 saturated heterocycles. The number of hydrogen-bond acceptors (Lipinski definition) is 4. The van der Waals surface area contributed by atoms with E-state index >= 15 is 0 Å². The smallest absolute Gasteiger partial charge is 0.225 e. The first-order valence-electron chi connectivity index (χ1n) is 7.23. The molecule has 3 rings (SSSR count). The van der Waals surface area contributed by atoms with E-state index in [4.69, 9.17) is 4.74 Å². The summed E-state index contributed by atoms with van der Waals surface area (Å²) in [4.78, 5) is 14.2. The van der Waals surface area contributed by atoms with Crippen LogP contribution in [-0.2, 0) is 4.79 Å². The molecular weight excluding hydrogens is 325 g/mol. The normalized spacial score (nSPS) is 19.3. The van der Waals surface area contributed by atoms with E-state index in [0.29, 0.717) is 19.1 Å².